The van der Waals surface area contributed by atoms with Crippen molar-refractivity contribution in [3.05, 3.63) is 47.5 Å². The molecule has 0 spiro atoms. The molecule has 0 unspecified atom stereocenters. The summed E-state index contributed by atoms with van der Waals surface area (Å²) in [6.45, 7) is 5.73. The largest absolute Gasteiger partial charge is 0.495 e. The van der Waals surface area contributed by atoms with Gasteiger partial charge in [-0.2, -0.15) is 0 Å². The lowest BCUT2D eigenvalue weighted by atomic mass is 10.1. The van der Waals surface area contributed by atoms with Crippen molar-refractivity contribution in [1.29, 1.82) is 0 Å². The lowest BCUT2D eigenvalue weighted by molar-refractivity contribution is 0.102. The number of rotatable bonds is 7. The molecule has 0 aliphatic rings. The Balaban J connectivity index is 2.30. The fourth-order valence-corrected chi connectivity index (χ4v) is 3.37. The molecule has 0 radical (unpaired) electrons. The van der Waals surface area contributed by atoms with E-state index in [9.17, 15) is 13.2 Å². The van der Waals surface area contributed by atoms with E-state index in [1.807, 2.05) is 26.8 Å². The number of nitrogens with one attached hydrogen (secondary N) is 2. The molecule has 0 saturated heterocycles. The third kappa shape index (κ3) is 4.99. The van der Waals surface area contributed by atoms with Crippen LogP contribution in [-0.2, 0) is 10.0 Å². The van der Waals surface area contributed by atoms with Gasteiger partial charge in [-0.05, 0) is 69.8 Å². The van der Waals surface area contributed by atoms with Crippen LogP contribution in [0.5, 0.6) is 11.5 Å². The third-order valence-electron chi connectivity index (χ3n) is 3.80. The fraction of sp³-hybridized carbons (Fsp3) is 0.316. The van der Waals surface area contributed by atoms with E-state index in [-0.39, 0.29) is 22.3 Å². The van der Waals surface area contributed by atoms with Gasteiger partial charge in [-0.25, -0.2) is 13.1 Å². The van der Waals surface area contributed by atoms with Crippen molar-refractivity contribution in [3.8, 4) is 11.5 Å². The van der Waals surface area contributed by atoms with Crippen LogP contribution >= 0.6 is 0 Å². The summed E-state index contributed by atoms with van der Waals surface area (Å²) in [6.07, 6.45) is 0.0525. The Labute approximate surface area is 159 Å². The zero-order valence-corrected chi connectivity index (χ0v) is 16.8. The van der Waals surface area contributed by atoms with Crippen LogP contribution in [0, 0.1) is 6.92 Å². The van der Waals surface area contributed by atoms with Crippen molar-refractivity contribution in [2.75, 3.05) is 19.5 Å². The van der Waals surface area contributed by atoms with E-state index in [0.717, 1.165) is 5.56 Å². The molecule has 0 aliphatic carbocycles. The van der Waals surface area contributed by atoms with Crippen LogP contribution in [0.2, 0.25) is 0 Å². The summed E-state index contributed by atoms with van der Waals surface area (Å²) in [6, 6.07) is 9.60. The lowest BCUT2D eigenvalue weighted by Crippen LogP contribution is -2.20. The van der Waals surface area contributed by atoms with E-state index in [2.05, 4.69) is 10.0 Å². The average molecular weight is 392 g/mol. The SMILES string of the molecule is CNS(=O)(=O)c1cc(C(=O)Nc2ccc(OC(C)C)cc2C)ccc1OC. The molecular formula is C19H24N2O5S. The minimum Gasteiger partial charge on any atom is -0.495 e. The average Bonchev–Trinajstić information content (AvgIpc) is 2.62. The molecule has 0 aromatic heterocycles. The number of carbonyl (C=O) groups excluding carboxylic acids is 1. The molecule has 7 nitrogen and oxygen atoms in total. The van der Waals surface area contributed by atoms with Gasteiger partial charge in [0.15, 0.2) is 0 Å². The minimum absolute atomic E-state index is 0.0525. The molecule has 1 amide bonds. The van der Waals surface area contributed by atoms with E-state index in [4.69, 9.17) is 9.47 Å². The van der Waals surface area contributed by atoms with Gasteiger partial charge in [0.05, 0.1) is 13.2 Å². The Morgan fingerprint density at radius 1 is 1.11 bits per heavy atom. The maximum absolute atomic E-state index is 12.6. The number of hydrogen-bond acceptors (Lipinski definition) is 5. The molecule has 0 fully saturated rings. The molecule has 2 aromatic carbocycles. The van der Waals surface area contributed by atoms with Gasteiger partial charge in [-0.15, -0.1) is 0 Å². The summed E-state index contributed by atoms with van der Waals surface area (Å²) in [5.74, 6) is 0.449. The Morgan fingerprint density at radius 3 is 2.37 bits per heavy atom. The van der Waals surface area contributed by atoms with Crippen LogP contribution in [0.25, 0.3) is 0 Å². The van der Waals surface area contributed by atoms with Gasteiger partial charge in [0, 0.05) is 11.3 Å². The van der Waals surface area contributed by atoms with Gasteiger partial charge in [-0.1, -0.05) is 0 Å². The molecule has 0 atom stereocenters. The Kier molecular flexibility index (Phi) is 6.45. The second-order valence-electron chi connectivity index (χ2n) is 6.17. The molecule has 8 heteroatoms. The number of aryl methyl sites for hydroxylation is 1. The molecule has 2 rings (SSSR count). The van der Waals surface area contributed by atoms with E-state index < -0.39 is 15.9 Å². The number of sulfonamides is 1. The summed E-state index contributed by atoms with van der Waals surface area (Å²) in [5.41, 5.74) is 1.65. The number of methoxy groups -OCH3 is 1. The summed E-state index contributed by atoms with van der Waals surface area (Å²) in [4.78, 5) is 12.5. The number of ether oxygens (including phenoxy) is 2. The van der Waals surface area contributed by atoms with Gasteiger partial charge < -0.3 is 14.8 Å². The minimum atomic E-state index is -3.77. The number of amides is 1. The second-order valence-corrected chi connectivity index (χ2v) is 8.03. The zero-order chi connectivity index (χ0) is 20.2. The van der Waals surface area contributed by atoms with Crippen LogP contribution in [0.4, 0.5) is 5.69 Å². The summed E-state index contributed by atoms with van der Waals surface area (Å²) in [7, 11) is -1.10. The Hall–Kier alpha value is -2.58. The Morgan fingerprint density at radius 2 is 1.81 bits per heavy atom. The highest BCUT2D eigenvalue weighted by Crippen LogP contribution is 2.26. The van der Waals surface area contributed by atoms with E-state index in [0.29, 0.717) is 11.4 Å². The van der Waals surface area contributed by atoms with Crippen LogP contribution in [0.3, 0.4) is 0 Å². The molecule has 0 bridgehead atoms. The molecular weight excluding hydrogens is 368 g/mol. The predicted molar refractivity (Wildman–Crippen MR) is 104 cm³/mol. The van der Waals surface area contributed by atoms with Gasteiger partial charge in [0.1, 0.15) is 16.4 Å². The van der Waals surface area contributed by atoms with Gasteiger partial charge in [-0.3, -0.25) is 4.79 Å². The summed E-state index contributed by atoms with van der Waals surface area (Å²) >= 11 is 0. The normalized spacial score (nSPS) is 11.3. The number of benzene rings is 2. The molecule has 0 saturated carbocycles. The van der Waals surface area contributed by atoms with Gasteiger partial charge in [0.25, 0.3) is 5.91 Å². The van der Waals surface area contributed by atoms with Crippen LogP contribution in [-0.4, -0.2) is 34.6 Å². The molecule has 2 aromatic rings. The first-order chi connectivity index (χ1) is 12.7. The van der Waals surface area contributed by atoms with Crippen LogP contribution in [0.15, 0.2) is 41.3 Å². The molecule has 2 N–H and O–H groups in total. The maximum Gasteiger partial charge on any atom is 0.255 e. The summed E-state index contributed by atoms with van der Waals surface area (Å²) in [5, 5.41) is 2.79. The van der Waals surface area contributed by atoms with Gasteiger partial charge in [0.2, 0.25) is 10.0 Å². The van der Waals surface area contributed by atoms with Crippen LogP contribution in [0.1, 0.15) is 29.8 Å². The molecule has 0 aliphatic heterocycles. The van der Waals surface area contributed by atoms with Crippen LogP contribution < -0.4 is 19.5 Å². The molecule has 146 valence electrons. The standard InChI is InChI=1S/C19H24N2O5S/c1-12(2)26-15-7-8-16(13(3)10-15)21-19(22)14-6-9-17(25-5)18(11-14)27(23,24)20-4/h6-12,20H,1-5H3,(H,21,22). The van der Waals surface area contributed by atoms with Crippen molar-refractivity contribution in [2.45, 2.75) is 31.8 Å². The number of hydrogen-bond donors (Lipinski definition) is 2. The predicted octanol–water partition coefficient (Wildman–Crippen LogP) is 2.95. The summed E-state index contributed by atoms with van der Waals surface area (Å²) < 4.78 is 37.3. The Bertz CT molecular complexity index is 939. The van der Waals surface area contributed by atoms with E-state index >= 15 is 0 Å². The lowest BCUT2D eigenvalue weighted by Gasteiger charge is -2.14. The van der Waals surface area contributed by atoms with Gasteiger partial charge >= 0.3 is 0 Å². The first-order valence-electron chi connectivity index (χ1n) is 8.38. The smallest absolute Gasteiger partial charge is 0.255 e. The topological polar surface area (TPSA) is 93.7 Å². The fourth-order valence-electron chi connectivity index (χ4n) is 2.45. The highest BCUT2D eigenvalue weighted by Gasteiger charge is 2.20. The monoisotopic (exact) mass is 392 g/mol. The van der Waals surface area contributed by atoms with Crippen molar-refractivity contribution in [1.82, 2.24) is 4.72 Å². The second kappa shape index (κ2) is 8.41. The molecule has 0 heterocycles. The van der Waals surface area contributed by atoms with Crippen molar-refractivity contribution in [3.63, 3.8) is 0 Å². The van der Waals surface area contributed by atoms with E-state index in [1.165, 1.54) is 32.4 Å². The first-order valence-corrected chi connectivity index (χ1v) is 9.86. The maximum atomic E-state index is 12.6. The number of anilines is 1. The first kappa shape index (κ1) is 20.7. The van der Waals surface area contributed by atoms with E-state index in [1.54, 1.807) is 12.1 Å². The highest BCUT2D eigenvalue weighted by molar-refractivity contribution is 7.89. The quantitative estimate of drug-likeness (QED) is 0.756. The third-order valence-corrected chi connectivity index (χ3v) is 5.24. The number of carbonyl (C=O) groups is 1. The molecule has 27 heavy (non-hydrogen) atoms. The highest BCUT2D eigenvalue weighted by atomic mass is 32.2. The van der Waals surface area contributed by atoms with Crippen molar-refractivity contribution < 1.29 is 22.7 Å². The van der Waals surface area contributed by atoms with Crippen molar-refractivity contribution in [2.24, 2.45) is 0 Å². The van der Waals surface area contributed by atoms with Crippen molar-refractivity contribution >= 4 is 21.6 Å². The zero-order valence-electron chi connectivity index (χ0n) is 16.0.